The standard InChI is InChI=1S/C15H22F3N/c1-14(2,3)19-10-5-4-7-12-8-6-9-13(11-12)15(16,17)18/h6,8-9,11,19H,4-5,7,10H2,1-3H3. The van der Waals surface area contributed by atoms with E-state index in [-0.39, 0.29) is 5.54 Å². The summed E-state index contributed by atoms with van der Waals surface area (Å²) >= 11 is 0. The van der Waals surface area contributed by atoms with Crippen LogP contribution in [0, 0.1) is 0 Å². The smallest absolute Gasteiger partial charge is 0.312 e. The SMILES string of the molecule is CC(C)(C)NCCCCc1cccc(C(F)(F)F)c1. The Labute approximate surface area is 113 Å². The number of rotatable bonds is 5. The zero-order valence-corrected chi connectivity index (χ0v) is 11.8. The third-order valence-corrected chi connectivity index (χ3v) is 2.80. The van der Waals surface area contributed by atoms with Crippen LogP contribution in [0.5, 0.6) is 0 Å². The Bertz CT molecular complexity index is 391. The molecule has 1 nitrogen and oxygen atoms in total. The molecule has 0 radical (unpaired) electrons. The van der Waals surface area contributed by atoms with Crippen LogP contribution in [0.15, 0.2) is 24.3 Å². The molecule has 0 unspecified atom stereocenters. The molecule has 0 saturated carbocycles. The minimum atomic E-state index is -4.25. The summed E-state index contributed by atoms with van der Waals surface area (Å²) in [5, 5.41) is 3.36. The summed E-state index contributed by atoms with van der Waals surface area (Å²) in [4.78, 5) is 0. The Hall–Kier alpha value is -1.03. The zero-order chi connectivity index (χ0) is 14.5. The fraction of sp³-hybridized carbons (Fsp3) is 0.600. The van der Waals surface area contributed by atoms with Gasteiger partial charge >= 0.3 is 6.18 Å². The lowest BCUT2D eigenvalue weighted by atomic mass is 10.0. The van der Waals surface area contributed by atoms with Crippen LogP contribution in [0.3, 0.4) is 0 Å². The second-order valence-electron chi connectivity index (χ2n) is 5.83. The monoisotopic (exact) mass is 273 g/mol. The number of halogens is 3. The van der Waals surface area contributed by atoms with Gasteiger partial charge in [0.05, 0.1) is 5.56 Å². The molecule has 0 bridgehead atoms. The van der Waals surface area contributed by atoms with Gasteiger partial charge in [0.15, 0.2) is 0 Å². The zero-order valence-electron chi connectivity index (χ0n) is 11.8. The van der Waals surface area contributed by atoms with E-state index in [1.54, 1.807) is 6.07 Å². The van der Waals surface area contributed by atoms with Gasteiger partial charge in [0.25, 0.3) is 0 Å². The van der Waals surface area contributed by atoms with Crippen LogP contribution in [0.1, 0.15) is 44.7 Å². The van der Waals surface area contributed by atoms with Crippen molar-refractivity contribution in [3.05, 3.63) is 35.4 Å². The minimum absolute atomic E-state index is 0.0935. The molecule has 0 atom stereocenters. The molecule has 0 amide bonds. The van der Waals surface area contributed by atoms with E-state index >= 15 is 0 Å². The first-order valence-corrected chi connectivity index (χ1v) is 6.60. The van der Waals surface area contributed by atoms with Crippen molar-refractivity contribution in [3.8, 4) is 0 Å². The second-order valence-corrected chi connectivity index (χ2v) is 5.83. The van der Waals surface area contributed by atoms with E-state index < -0.39 is 11.7 Å². The number of hydrogen-bond acceptors (Lipinski definition) is 1. The third-order valence-electron chi connectivity index (χ3n) is 2.80. The molecule has 0 aliphatic rings. The lowest BCUT2D eigenvalue weighted by Gasteiger charge is -2.20. The molecular weight excluding hydrogens is 251 g/mol. The largest absolute Gasteiger partial charge is 0.416 e. The number of alkyl halides is 3. The van der Waals surface area contributed by atoms with Crippen molar-refractivity contribution in [3.63, 3.8) is 0 Å². The second kappa shape index (κ2) is 6.42. The summed E-state index contributed by atoms with van der Waals surface area (Å²) in [5.74, 6) is 0. The maximum absolute atomic E-state index is 12.5. The molecule has 1 aromatic carbocycles. The Kier molecular flexibility index (Phi) is 5.41. The van der Waals surface area contributed by atoms with Crippen LogP contribution in [0.4, 0.5) is 13.2 Å². The Morgan fingerprint density at radius 3 is 2.32 bits per heavy atom. The van der Waals surface area contributed by atoms with E-state index in [4.69, 9.17) is 0 Å². The van der Waals surface area contributed by atoms with Crippen LogP contribution in [0.2, 0.25) is 0 Å². The van der Waals surface area contributed by atoms with Gasteiger partial charge in [-0.05, 0) is 58.2 Å². The number of benzene rings is 1. The molecular formula is C15H22F3N. The maximum Gasteiger partial charge on any atom is 0.416 e. The molecule has 0 aliphatic heterocycles. The summed E-state index contributed by atoms with van der Waals surface area (Å²) in [6, 6.07) is 5.60. The average Bonchev–Trinajstić information content (AvgIpc) is 2.26. The highest BCUT2D eigenvalue weighted by Crippen LogP contribution is 2.29. The van der Waals surface area contributed by atoms with Crippen LogP contribution in [-0.4, -0.2) is 12.1 Å². The van der Waals surface area contributed by atoms with E-state index in [2.05, 4.69) is 26.1 Å². The van der Waals surface area contributed by atoms with E-state index in [0.29, 0.717) is 6.42 Å². The summed E-state index contributed by atoms with van der Waals surface area (Å²) in [6.45, 7) is 7.18. The molecule has 0 aliphatic carbocycles. The van der Waals surface area contributed by atoms with Crippen LogP contribution in [-0.2, 0) is 12.6 Å². The Morgan fingerprint density at radius 2 is 1.74 bits per heavy atom. The topological polar surface area (TPSA) is 12.0 Å². The predicted octanol–water partition coefficient (Wildman–Crippen LogP) is 4.42. The van der Waals surface area contributed by atoms with Crippen molar-refractivity contribution in [1.82, 2.24) is 5.32 Å². The molecule has 0 fully saturated rings. The van der Waals surface area contributed by atoms with Crippen molar-refractivity contribution in [2.45, 2.75) is 51.7 Å². The van der Waals surface area contributed by atoms with Crippen LogP contribution < -0.4 is 5.32 Å². The number of nitrogens with one attached hydrogen (secondary N) is 1. The molecule has 0 saturated heterocycles. The first-order chi connectivity index (χ1) is 8.68. The van der Waals surface area contributed by atoms with Gasteiger partial charge in [0.2, 0.25) is 0 Å². The van der Waals surface area contributed by atoms with Gasteiger partial charge in [0, 0.05) is 5.54 Å². The highest BCUT2D eigenvalue weighted by molar-refractivity contribution is 5.25. The number of hydrogen-bond donors (Lipinski definition) is 1. The molecule has 1 N–H and O–H groups in total. The normalized spacial score (nSPS) is 12.7. The molecule has 0 heterocycles. The lowest BCUT2D eigenvalue weighted by molar-refractivity contribution is -0.137. The number of aryl methyl sites for hydroxylation is 1. The lowest BCUT2D eigenvalue weighted by Crippen LogP contribution is -2.36. The first kappa shape index (κ1) is 16.0. The van der Waals surface area contributed by atoms with E-state index in [0.717, 1.165) is 31.0 Å². The van der Waals surface area contributed by atoms with E-state index in [1.165, 1.54) is 12.1 Å². The third kappa shape index (κ3) is 6.62. The van der Waals surface area contributed by atoms with Crippen molar-refractivity contribution >= 4 is 0 Å². The van der Waals surface area contributed by atoms with Crippen molar-refractivity contribution in [1.29, 1.82) is 0 Å². The molecule has 108 valence electrons. The molecule has 4 heteroatoms. The molecule has 19 heavy (non-hydrogen) atoms. The van der Waals surface area contributed by atoms with Gasteiger partial charge in [-0.25, -0.2) is 0 Å². The predicted molar refractivity (Wildman–Crippen MR) is 72.1 cm³/mol. The average molecular weight is 273 g/mol. The van der Waals surface area contributed by atoms with Gasteiger partial charge in [-0.15, -0.1) is 0 Å². The Balaban J connectivity index is 2.38. The quantitative estimate of drug-likeness (QED) is 0.783. The van der Waals surface area contributed by atoms with Crippen molar-refractivity contribution < 1.29 is 13.2 Å². The van der Waals surface area contributed by atoms with Crippen LogP contribution >= 0.6 is 0 Å². The van der Waals surface area contributed by atoms with Gasteiger partial charge in [-0.3, -0.25) is 0 Å². The summed E-state index contributed by atoms with van der Waals surface area (Å²) in [6.07, 6.45) is -1.70. The fourth-order valence-electron chi connectivity index (χ4n) is 1.82. The van der Waals surface area contributed by atoms with Gasteiger partial charge in [-0.2, -0.15) is 13.2 Å². The molecule has 0 aromatic heterocycles. The van der Waals surface area contributed by atoms with E-state index in [9.17, 15) is 13.2 Å². The number of unbranched alkanes of at least 4 members (excludes halogenated alkanes) is 1. The van der Waals surface area contributed by atoms with Crippen molar-refractivity contribution in [2.24, 2.45) is 0 Å². The summed E-state index contributed by atoms with van der Waals surface area (Å²) in [7, 11) is 0. The van der Waals surface area contributed by atoms with Gasteiger partial charge in [0.1, 0.15) is 0 Å². The molecule has 1 aromatic rings. The molecule has 1 rings (SSSR count). The first-order valence-electron chi connectivity index (χ1n) is 6.60. The summed E-state index contributed by atoms with van der Waals surface area (Å²) in [5.41, 5.74) is 0.291. The van der Waals surface area contributed by atoms with Gasteiger partial charge < -0.3 is 5.32 Å². The molecule has 0 spiro atoms. The van der Waals surface area contributed by atoms with E-state index in [1.807, 2.05) is 0 Å². The summed E-state index contributed by atoms with van der Waals surface area (Å²) < 4.78 is 37.6. The van der Waals surface area contributed by atoms with Crippen molar-refractivity contribution in [2.75, 3.05) is 6.54 Å². The van der Waals surface area contributed by atoms with Gasteiger partial charge in [-0.1, -0.05) is 18.2 Å². The minimum Gasteiger partial charge on any atom is -0.312 e. The Morgan fingerprint density at radius 1 is 1.05 bits per heavy atom. The highest BCUT2D eigenvalue weighted by Gasteiger charge is 2.30. The fourth-order valence-corrected chi connectivity index (χ4v) is 1.82. The van der Waals surface area contributed by atoms with Crippen LogP contribution in [0.25, 0.3) is 0 Å². The maximum atomic E-state index is 12.5. The highest BCUT2D eigenvalue weighted by atomic mass is 19.4.